The van der Waals surface area contributed by atoms with E-state index in [1.165, 1.54) is 0 Å². The molecule has 2 amide bonds. The molecule has 5 rings (SSSR count). The van der Waals surface area contributed by atoms with E-state index in [0.717, 1.165) is 5.56 Å². The predicted molar refractivity (Wildman–Crippen MR) is 146 cm³/mol. The molecule has 9 nitrogen and oxygen atoms in total. The number of H-pyrrole nitrogens is 1. The van der Waals surface area contributed by atoms with Crippen LogP contribution >= 0.6 is 0 Å². The van der Waals surface area contributed by atoms with Crippen molar-refractivity contribution < 1.29 is 19.1 Å². The molecule has 0 atom stereocenters. The van der Waals surface area contributed by atoms with Gasteiger partial charge < -0.3 is 15.4 Å². The fourth-order valence-electron chi connectivity index (χ4n) is 3.74. The van der Waals surface area contributed by atoms with E-state index in [9.17, 15) is 14.4 Å². The average Bonchev–Trinajstić information content (AvgIpc) is 3.52. The number of carbonyl (C=O) groups is 3. The van der Waals surface area contributed by atoms with Crippen molar-refractivity contribution in [2.75, 3.05) is 10.6 Å². The molecule has 0 aliphatic heterocycles. The molecule has 192 valence electrons. The number of hydrogen-bond acceptors (Lipinski definition) is 6. The van der Waals surface area contributed by atoms with Crippen molar-refractivity contribution in [3.8, 4) is 11.4 Å². The van der Waals surface area contributed by atoms with Gasteiger partial charge in [-0.2, -0.15) is 5.10 Å². The average molecular weight is 518 g/mol. The number of aromatic nitrogens is 3. The van der Waals surface area contributed by atoms with Crippen molar-refractivity contribution >= 4 is 29.2 Å². The zero-order chi connectivity index (χ0) is 27.0. The zero-order valence-electron chi connectivity index (χ0n) is 20.6. The van der Waals surface area contributed by atoms with Crippen LogP contribution in [0.1, 0.15) is 36.8 Å². The summed E-state index contributed by atoms with van der Waals surface area (Å²) >= 11 is 0. The highest BCUT2D eigenvalue weighted by Gasteiger charge is 2.13. The second-order valence-corrected chi connectivity index (χ2v) is 8.51. The number of ether oxygens (including phenoxy) is 1. The maximum Gasteiger partial charge on any atom is 0.338 e. The normalized spacial score (nSPS) is 10.5. The van der Waals surface area contributed by atoms with Crippen LogP contribution in [0.4, 0.5) is 11.4 Å². The molecule has 3 N–H and O–H groups in total. The summed E-state index contributed by atoms with van der Waals surface area (Å²) in [6.07, 6.45) is 1.61. The number of pyridine rings is 1. The smallest absolute Gasteiger partial charge is 0.338 e. The lowest BCUT2D eigenvalue weighted by Gasteiger charge is -2.09. The molecule has 0 saturated carbocycles. The van der Waals surface area contributed by atoms with Crippen LogP contribution < -0.4 is 10.6 Å². The van der Waals surface area contributed by atoms with Gasteiger partial charge in [0.05, 0.1) is 17.0 Å². The van der Waals surface area contributed by atoms with Crippen molar-refractivity contribution in [1.29, 1.82) is 0 Å². The molecular weight excluding hydrogens is 494 g/mol. The van der Waals surface area contributed by atoms with Gasteiger partial charge >= 0.3 is 5.97 Å². The van der Waals surface area contributed by atoms with Gasteiger partial charge in [0.15, 0.2) is 0 Å². The number of amides is 2. The molecular formula is C30H23N5O4. The van der Waals surface area contributed by atoms with E-state index in [1.54, 1.807) is 79.0 Å². The topological polar surface area (TPSA) is 126 Å². The van der Waals surface area contributed by atoms with Crippen LogP contribution in [0.5, 0.6) is 0 Å². The number of hydrogen-bond donors (Lipinski definition) is 3. The summed E-state index contributed by atoms with van der Waals surface area (Å²) < 4.78 is 5.37. The first kappa shape index (κ1) is 25.1. The van der Waals surface area contributed by atoms with E-state index in [1.807, 2.05) is 30.3 Å². The Kier molecular flexibility index (Phi) is 7.50. The number of rotatable bonds is 8. The van der Waals surface area contributed by atoms with Crippen LogP contribution in [0.15, 0.2) is 109 Å². The SMILES string of the molecule is O=C(Nc1cccc(C(=O)OCc2ccccc2)c1)c1ccc(NC(=O)c2cccc(-c3ccn[nH]3)n2)cc1. The molecule has 0 bridgehead atoms. The second kappa shape index (κ2) is 11.7. The van der Waals surface area contributed by atoms with E-state index in [-0.39, 0.29) is 24.1 Å². The molecule has 0 unspecified atom stereocenters. The van der Waals surface area contributed by atoms with E-state index in [0.29, 0.717) is 33.9 Å². The lowest BCUT2D eigenvalue weighted by Crippen LogP contribution is -2.15. The van der Waals surface area contributed by atoms with E-state index in [4.69, 9.17) is 4.74 Å². The molecule has 2 aromatic heterocycles. The number of anilines is 2. The Morgan fingerprint density at radius 1 is 0.718 bits per heavy atom. The molecule has 39 heavy (non-hydrogen) atoms. The van der Waals surface area contributed by atoms with Gasteiger partial charge in [0.1, 0.15) is 12.3 Å². The third-order valence-electron chi connectivity index (χ3n) is 5.73. The van der Waals surface area contributed by atoms with E-state index >= 15 is 0 Å². The summed E-state index contributed by atoms with van der Waals surface area (Å²) in [5.74, 6) is -1.24. The fourth-order valence-corrected chi connectivity index (χ4v) is 3.74. The summed E-state index contributed by atoms with van der Waals surface area (Å²) in [6, 6.07) is 29.3. The van der Waals surface area contributed by atoms with Gasteiger partial charge in [0.25, 0.3) is 11.8 Å². The quantitative estimate of drug-likeness (QED) is 0.239. The minimum atomic E-state index is -0.486. The fraction of sp³-hybridized carbons (Fsp3) is 0.0333. The van der Waals surface area contributed by atoms with Gasteiger partial charge in [0, 0.05) is 23.1 Å². The van der Waals surface area contributed by atoms with E-state index < -0.39 is 5.97 Å². The number of carbonyl (C=O) groups excluding carboxylic acids is 3. The summed E-state index contributed by atoms with van der Waals surface area (Å²) in [7, 11) is 0. The summed E-state index contributed by atoms with van der Waals surface area (Å²) in [5, 5.41) is 12.3. The maximum atomic E-state index is 12.8. The standard InChI is InChI=1S/C30H23N5O4/c36-28(33-24-9-4-8-22(18-24)30(38)39-19-20-6-2-1-3-7-20)21-12-14-23(15-13-21)32-29(37)27-11-5-10-25(34-27)26-16-17-31-35-26/h1-18H,19H2,(H,31,35)(H,32,37)(H,33,36). The van der Waals surface area contributed by atoms with Crippen molar-refractivity contribution in [3.63, 3.8) is 0 Å². The summed E-state index contributed by atoms with van der Waals surface area (Å²) in [5.41, 5.74) is 4.09. The van der Waals surface area contributed by atoms with Crippen molar-refractivity contribution in [3.05, 3.63) is 132 Å². The Bertz CT molecular complexity index is 1600. The van der Waals surface area contributed by atoms with Crippen LogP contribution in [0.2, 0.25) is 0 Å². The Morgan fingerprint density at radius 3 is 2.26 bits per heavy atom. The van der Waals surface area contributed by atoms with Crippen molar-refractivity contribution in [1.82, 2.24) is 15.2 Å². The first-order valence-corrected chi connectivity index (χ1v) is 12.1. The molecule has 0 fully saturated rings. The van der Waals surface area contributed by atoms with Crippen molar-refractivity contribution in [2.45, 2.75) is 6.61 Å². The minimum Gasteiger partial charge on any atom is -0.457 e. The highest BCUT2D eigenvalue weighted by molar-refractivity contribution is 6.06. The van der Waals surface area contributed by atoms with Gasteiger partial charge in [-0.25, -0.2) is 9.78 Å². The molecule has 0 saturated heterocycles. The Labute approximate surface area is 223 Å². The first-order valence-electron chi connectivity index (χ1n) is 12.1. The van der Waals surface area contributed by atoms with E-state index in [2.05, 4.69) is 25.8 Å². The first-order chi connectivity index (χ1) is 19.0. The second-order valence-electron chi connectivity index (χ2n) is 8.51. The summed E-state index contributed by atoms with van der Waals surface area (Å²) in [6.45, 7) is 0.158. The number of aromatic amines is 1. The molecule has 0 radical (unpaired) electrons. The Hall–Kier alpha value is -5.57. The molecule has 0 aliphatic rings. The van der Waals surface area contributed by atoms with Crippen LogP contribution in [-0.4, -0.2) is 33.0 Å². The van der Waals surface area contributed by atoms with Gasteiger partial charge in [0.2, 0.25) is 0 Å². The number of esters is 1. The Balaban J connectivity index is 1.18. The van der Waals surface area contributed by atoms with Crippen molar-refractivity contribution in [2.24, 2.45) is 0 Å². The number of benzene rings is 3. The molecule has 9 heteroatoms. The molecule has 3 aromatic carbocycles. The van der Waals surface area contributed by atoms with Crippen LogP contribution in [0.3, 0.4) is 0 Å². The van der Waals surface area contributed by atoms with Gasteiger partial charge in [-0.05, 0) is 66.2 Å². The van der Waals surface area contributed by atoms with Gasteiger partial charge in [-0.3, -0.25) is 14.7 Å². The monoisotopic (exact) mass is 517 g/mol. The van der Waals surface area contributed by atoms with Gasteiger partial charge in [-0.1, -0.05) is 42.5 Å². The third kappa shape index (κ3) is 6.41. The molecule has 0 spiro atoms. The Morgan fingerprint density at radius 2 is 1.49 bits per heavy atom. The number of nitrogens with zero attached hydrogens (tertiary/aromatic N) is 2. The van der Waals surface area contributed by atoms with Crippen LogP contribution in [-0.2, 0) is 11.3 Å². The van der Waals surface area contributed by atoms with Crippen LogP contribution in [0.25, 0.3) is 11.4 Å². The number of nitrogens with one attached hydrogen (secondary N) is 3. The zero-order valence-corrected chi connectivity index (χ0v) is 20.6. The predicted octanol–water partition coefficient (Wildman–Crippen LogP) is 5.33. The van der Waals surface area contributed by atoms with Gasteiger partial charge in [-0.15, -0.1) is 0 Å². The van der Waals surface area contributed by atoms with Crippen LogP contribution in [0, 0.1) is 0 Å². The molecule has 0 aliphatic carbocycles. The highest BCUT2D eigenvalue weighted by Crippen LogP contribution is 2.17. The largest absolute Gasteiger partial charge is 0.457 e. The third-order valence-corrected chi connectivity index (χ3v) is 5.73. The highest BCUT2D eigenvalue weighted by atomic mass is 16.5. The molecule has 5 aromatic rings. The lowest BCUT2D eigenvalue weighted by molar-refractivity contribution is 0.0472. The lowest BCUT2D eigenvalue weighted by atomic mass is 10.1. The maximum absolute atomic E-state index is 12.8. The summed E-state index contributed by atoms with van der Waals surface area (Å²) in [4.78, 5) is 42.3. The molecule has 2 heterocycles. The minimum absolute atomic E-state index is 0.158.